The highest BCUT2D eigenvalue weighted by Crippen LogP contribution is 2.33. The third-order valence-electron chi connectivity index (χ3n) is 2.57. The molecule has 0 radical (unpaired) electrons. The van der Waals surface area contributed by atoms with Crippen molar-refractivity contribution in [2.24, 2.45) is 5.92 Å². The van der Waals surface area contributed by atoms with E-state index in [0.29, 0.717) is 5.92 Å². The van der Waals surface area contributed by atoms with Crippen LogP contribution in [0, 0.1) is 5.92 Å². The van der Waals surface area contributed by atoms with Crippen LogP contribution >= 0.6 is 38.9 Å². The number of nitrogens with zero attached hydrogens (tertiary/aromatic N) is 1. The standard InChI is InChI=1S/C10H11BrClNO2S/c11-8-2-7(16-10(8)12)5-13-3-6(4-13)1-9(14)15/h2,6H,1,3-5H2,(H,14,15). The SMILES string of the molecule is O=C(O)CC1CN(Cc2cc(Br)c(Cl)s2)C1. The molecule has 0 aliphatic carbocycles. The van der Waals surface area contributed by atoms with Crippen LogP contribution < -0.4 is 0 Å². The maximum atomic E-state index is 10.5. The molecule has 1 N–H and O–H groups in total. The summed E-state index contributed by atoms with van der Waals surface area (Å²) in [4.78, 5) is 13.9. The van der Waals surface area contributed by atoms with Gasteiger partial charge in [0.1, 0.15) is 4.34 Å². The minimum absolute atomic E-state index is 0.283. The Morgan fingerprint density at radius 1 is 1.69 bits per heavy atom. The summed E-state index contributed by atoms with van der Waals surface area (Å²) in [5.41, 5.74) is 0. The van der Waals surface area contributed by atoms with E-state index in [0.717, 1.165) is 28.4 Å². The quantitative estimate of drug-likeness (QED) is 0.925. The molecule has 0 amide bonds. The van der Waals surface area contributed by atoms with Gasteiger partial charge < -0.3 is 5.11 Å². The van der Waals surface area contributed by atoms with Crippen molar-refractivity contribution < 1.29 is 9.90 Å². The molecule has 88 valence electrons. The Hall–Kier alpha value is -0.100. The van der Waals surface area contributed by atoms with Gasteiger partial charge in [-0.25, -0.2) is 0 Å². The van der Waals surface area contributed by atoms with Gasteiger partial charge in [0.15, 0.2) is 0 Å². The number of carboxylic acids is 1. The van der Waals surface area contributed by atoms with Crippen molar-refractivity contribution in [3.63, 3.8) is 0 Å². The fourth-order valence-electron chi connectivity index (χ4n) is 1.87. The maximum Gasteiger partial charge on any atom is 0.303 e. The molecule has 1 aromatic heterocycles. The van der Waals surface area contributed by atoms with Gasteiger partial charge in [-0.2, -0.15) is 0 Å². The number of hydrogen-bond donors (Lipinski definition) is 1. The maximum absolute atomic E-state index is 10.5. The van der Waals surface area contributed by atoms with Crippen molar-refractivity contribution >= 4 is 44.8 Å². The van der Waals surface area contributed by atoms with Crippen molar-refractivity contribution in [1.29, 1.82) is 0 Å². The van der Waals surface area contributed by atoms with E-state index in [4.69, 9.17) is 16.7 Å². The fourth-order valence-corrected chi connectivity index (χ4v) is 3.70. The number of rotatable bonds is 4. The molecule has 1 fully saturated rings. The largest absolute Gasteiger partial charge is 0.481 e. The second-order valence-corrected chi connectivity index (χ2v) is 6.59. The summed E-state index contributed by atoms with van der Waals surface area (Å²) in [6, 6.07) is 2.03. The van der Waals surface area contributed by atoms with E-state index in [9.17, 15) is 4.79 Å². The monoisotopic (exact) mass is 323 g/mol. The van der Waals surface area contributed by atoms with Gasteiger partial charge in [-0.05, 0) is 27.9 Å². The molecule has 1 saturated heterocycles. The smallest absolute Gasteiger partial charge is 0.303 e. The molecular formula is C10H11BrClNO2S. The van der Waals surface area contributed by atoms with Gasteiger partial charge in [0.25, 0.3) is 0 Å². The Morgan fingerprint density at radius 3 is 2.88 bits per heavy atom. The summed E-state index contributed by atoms with van der Waals surface area (Å²) in [6.07, 6.45) is 0.283. The van der Waals surface area contributed by atoms with Crippen molar-refractivity contribution in [2.45, 2.75) is 13.0 Å². The van der Waals surface area contributed by atoms with Gasteiger partial charge in [-0.1, -0.05) is 11.6 Å². The lowest BCUT2D eigenvalue weighted by Gasteiger charge is -2.38. The number of thiophene rings is 1. The summed E-state index contributed by atoms with van der Waals surface area (Å²) >= 11 is 10.9. The summed E-state index contributed by atoms with van der Waals surface area (Å²) in [6.45, 7) is 2.62. The van der Waals surface area contributed by atoms with Crippen LogP contribution in [0.2, 0.25) is 4.34 Å². The number of carbonyl (C=O) groups is 1. The zero-order valence-electron chi connectivity index (χ0n) is 8.45. The molecule has 3 nitrogen and oxygen atoms in total. The van der Waals surface area contributed by atoms with Gasteiger partial charge in [0, 0.05) is 29.0 Å². The van der Waals surface area contributed by atoms with Crippen LogP contribution in [0.25, 0.3) is 0 Å². The Balaban J connectivity index is 1.79. The molecule has 2 rings (SSSR count). The number of halogens is 2. The third kappa shape index (κ3) is 2.97. The van der Waals surface area contributed by atoms with Crippen molar-refractivity contribution in [1.82, 2.24) is 4.90 Å². The lowest BCUT2D eigenvalue weighted by atomic mass is 9.96. The Morgan fingerprint density at radius 2 is 2.38 bits per heavy atom. The van der Waals surface area contributed by atoms with Crippen molar-refractivity contribution in [3.8, 4) is 0 Å². The molecule has 1 aromatic rings. The molecule has 2 heterocycles. The molecule has 0 spiro atoms. The summed E-state index contributed by atoms with van der Waals surface area (Å²) in [5, 5.41) is 8.62. The number of carboxylic acid groups (broad SMARTS) is 1. The summed E-state index contributed by atoms with van der Waals surface area (Å²) in [5.74, 6) is -0.386. The fraction of sp³-hybridized carbons (Fsp3) is 0.500. The second kappa shape index (κ2) is 5.04. The topological polar surface area (TPSA) is 40.5 Å². The Kier molecular flexibility index (Phi) is 3.89. The first-order chi connectivity index (χ1) is 7.54. The number of hydrogen-bond acceptors (Lipinski definition) is 3. The lowest BCUT2D eigenvalue weighted by molar-refractivity contribution is -0.139. The molecular weight excluding hydrogens is 314 g/mol. The van der Waals surface area contributed by atoms with Crippen LogP contribution in [0.1, 0.15) is 11.3 Å². The second-order valence-electron chi connectivity index (χ2n) is 3.99. The Labute approximate surface area is 111 Å². The summed E-state index contributed by atoms with van der Waals surface area (Å²) < 4.78 is 1.72. The molecule has 0 unspecified atom stereocenters. The van der Waals surface area contributed by atoms with E-state index in [-0.39, 0.29) is 6.42 Å². The molecule has 6 heteroatoms. The molecule has 1 aliphatic rings. The van der Waals surface area contributed by atoms with Crippen LogP contribution in [-0.4, -0.2) is 29.1 Å². The highest BCUT2D eigenvalue weighted by Gasteiger charge is 2.28. The highest BCUT2D eigenvalue weighted by molar-refractivity contribution is 9.10. The molecule has 0 atom stereocenters. The van der Waals surface area contributed by atoms with E-state index in [2.05, 4.69) is 20.8 Å². The highest BCUT2D eigenvalue weighted by atomic mass is 79.9. The van der Waals surface area contributed by atoms with Crippen LogP contribution in [-0.2, 0) is 11.3 Å². The zero-order chi connectivity index (χ0) is 11.7. The number of likely N-dealkylation sites (tertiary alicyclic amines) is 1. The first-order valence-electron chi connectivity index (χ1n) is 4.92. The zero-order valence-corrected chi connectivity index (χ0v) is 11.6. The lowest BCUT2D eigenvalue weighted by Crippen LogP contribution is -2.46. The van der Waals surface area contributed by atoms with Crippen LogP contribution in [0.4, 0.5) is 0 Å². The predicted molar refractivity (Wildman–Crippen MR) is 68.0 cm³/mol. The molecule has 0 bridgehead atoms. The van der Waals surface area contributed by atoms with E-state index in [1.807, 2.05) is 6.07 Å². The molecule has 16 heavy (non-hydrogen) atoms. The average Bonchev–Trinajstić information content (AvgIpc) is 2.42. The predicted octanol–water partition coefficient (Wildman–Crippen LogP) is 3.07. The average molecular weight is 325 g/mol. The van der Waals surface area contributed by atoms with Gasteiger partial charge in [0.05, 0.1) is 6.42 Å². The molecule has 0 aromatic carbocycles. The van der Waals surface area contributed by atoms with Crippen LogP contribution in [0.3, 0.4) is 0 Å². The van der Waals surface area contributed by atoms with Gasteiger partial charge >= 0.3 is 5.97 Å². The van der Waals surface area contributed by atoms with E-state index >= 15 is 0 Å². The van der Waals surface area contributed by atoms with Crippen LogP contribution in [0.5, 0.6) is 0 Å². The van der Waals surface area contributed by atoms with Crippen molar-refractivity contribution in [3.05, 3.63) is 19.8 Å². The van der Waals surface area contributed by atoms with Crippen molar-refractivity contribution in [2.75, 3.05) is 13.1 Å². The first-order valence-corrected chi connectivity index (χ1v) is 6.91. The van der Waals surface area contributed by atoms with E-state index in [1.165, 1.54) is 4.88 Å². The third-order valence-corrected chi connectivity index (χ3v) is 5.03. The van der Waals surface area contributed by atoms with Gasteiger partial charge in [-0.15, -0.1) is 11.3 Å². The van der Waals surface area contributed by atoms with Crippen LogP contribution in [0.15, 0.2) is 10.5 Å². The van der Waals surface area contributed by atoms with E-state index < -0.39 is 5.97 Å². The first kappa shape index (κ1) is 12.4. The molecule has 1 aliphatic heterocycles. The minimum Gasteiger partial charge on any atom is -0.481 e. The Bertz CT molecular complexity index is 384. The molecule has 0 saturated carbocycles. The normalized spacial score (nSPS) is 17.4. The summed E-state index contributed by atoms with van der Waals surface area (Å²) in [7, 11) is 0. The van der Waals surface area contributed by atoms with Gasteiger partial charge in [-0.3, -0.25) is 9.69 Å². The van der Waals surface area contributed by atoms with E-state index in [1.54, 1.807) is 11.3 Å². The minimum atomic E-state index is -0.702. The number of aliphatic carboxylic acids is 1. The van der Waals surface area contributed by atoms with Gasteiger partial charge in [0.2, 0.25) is 0 Å².